The summed E-state index contributed by atoms with van der Waals surface area (Å²) in [6.45, 7) is 9.14. The molecule has 1 N–H and O–H groups in total. The van der Waals surface area contributed by atoms with Gasteiger partial charge in [-0.2, -0.15) is 0 Å². The molecule has 0 saturated heterocycles. The van der Waals surface area contributed by atoms with Gasteiger partial charge in [-0.15, -0.1) is 0 Å². The van der Waals surface area contributed by atoms with Crippen LogP contribution in [0.1, 0.15) is 29.3 Å². The van der Waals surface area contributed by atoms with E-state index in [0.29, 0.717) is 58.4 Å². The predicted octanol–water partition coefficient (Wildman–Crippen LogP) is 2.20. The Kier molecular flexibility index (Phi) is 12.8. The first-order chi connectivity index (χ1) is 12.2. The average Bonchev–Trinajstić information content (AvgIpc) is 2.62. The highest BCUT2D eigenvalue weighted by Gasteiger charge is 2.03. The summed E-state index contributed by atoms with van der Waals surface area (Å²) in [4.78, 5) is 11.9. The van der Waals surface area contributed by atoms with E-state index in [4.69, 9.17) is 18.9 Å². The molecule has 0 heterocycles. The zero-order valence-electron chi connectivity index (χ0n) is 15.4. The van der Waals surface area contributed by atoms with Gasteiger partial charge in [0.05, 0.1) is 46.2 Å². The van der Waals surface area contributed by atoms with E-state index in [2.05, 4.69) is 12.2 Å². The largest absolute Gasteiger partial charge is 0.379 e. The van der Waals surface area contributed by atoms with Crippen molar-refractivity contribution >= 4 is 5.91 Å². The van der Waals surface area contributed by atoms with Crippen LogP contribution in [-0.4, -0.2) is 65.3 Å². The molecule has 0 aliphatic carbocycles. The predicted molar refractivity (Wildman–Crippen MR) is 97.1 cm³/mol. The summed E-state index contributed by atoms with van der Waals surface area (Å²) < 4.78 is 21.5. The molecule has 0 aromatic heterocycles. The highest BCUT2D eigenvalue weighted by molar-refractivity contribution is 5.94. The molecule has 0 unspecified atom stereocenters. The average molecular weight is 353 g/mol. The van der Waals surface area contributed by atoms with Gasteiger partial charge in [-0.3, -0.25) is 4.79 Å². The Bertz CT molecular complexity index is 450. The number of amides is 1. The van der Waals surface area contributed by atoms with Crippen LogP contribution in [0.15, 0.2) is 24.3 Å². The molecule has 25 heavy (non-hydrogen) atoms. The third-order valence-corrected chi connectivity index (χ3v) is 3.31. The highest BCUT2D eigenvalue weighted by Crippen LogP contribution is 2.02. The lowest BCUT2D eigenvalue weighted by Crippen LogP contribution is -2.27. The van der Waals surface area contributed by atoms with Crippen LogP contribution in [0.2, 0.25) is 0 Å². The molecule has 6 nitrogen and oxygen atoms in total. The molecule has 142 valence electrons. The van der Waals surface area contributed by atoms with Crippen LogP contribution in [0.3, 0.4) is 0 Å². The van der Waals surface area contributed by atoms with Gasteiger partial charge in [0.25, 0.3) is 5.91 Å². The van der Waals surface area contributed by atoms with E-state index in [0.717, 1.165) is 18.6 Å². The minimum Gasteiger partial charge on any atom is -0.379 e. The van der Waals surface area contributed by atoms with Crippen molar-refractivity contribution in [2.45, 2.75) is 20.3 Å². The fourth-order valence-electron chi connectivity index (χ4n) is 1.95. The summed E-state index contributed by atoms with van der Waals surface area (Å²) >= 11 is 0. The zero-order valence-corrected chi connectivity index (χ0v) is 15.4. The maximum absolute atomic E-state index is 11.9. The Hall–Kier alpha value is -1.47. The maximum Gasteiger partial charge on any atom is 0.251 e. The van der Waals surface area contributed by atoms with Gasteiger partial charge in [0.1, 0.15) is 0 Å². The maximum atomic E-state index is 11.9. The van der Waals surface area contributed by atoms with Crippen LogP contribution in [0.25, 0.3) is 0 Å². The van der Waals surface area contributed by atoms with Crippen molar-refractivity contribution in [1.82, 2.24) is 5.32 Å². The molecule has 1 aromatic carbocycles. The molecule has 0 bridgehead atoms. The monoisotopic (exact) mass is 353 g/mol. The third kappa shape index (κ3) is 11.7. The van der Waals surface area contributed by atoms with Gasteiger partial charge >= 0.3 is 0 Å². The Morgan fingerprint density at radius 2 is 1.28 bits per heavy atom. The van der Waals surface area contributed by atoms with Gasteiger partial charge in [-0.25, -0.2) is 0 Å². The van der Waals surface area contributed by atoms with Gasteiger partial charge < -0.3 is 24.3 Å². The number of rotatable bonds is 15. The minimum atomic E-state index is -0.0834. The second-order valence-corrected chi connectivity index (χ2v) is 5.57. The summed E-state index contributed by atoms with van der Waals surface area (Å²) in [5.41, 5.74) is 1.80. The van der Waals surface area contributed by atoms with Crippen LogP contribution in [0.4, 0.5) is 0 Å². The first-order valence-corrected chi connectivity index (χ1v) is 8.90. The smallest absolute Gasteiger partial charge is 0.251 e. The molecule has 0 radical (unpaired) electrons. The first-order valence-electron chi connectivity index (χ1n) is 8.90. The SMILES string of the molecule is CCCOCCOCCOCCOCCNC(=O)c1ccc(C)cc1. The van der Waals surface area contributed by atoms with E-state index in [1.165, 1.54) is 0 Å². The fraction of sp³-hybridized carbons (Fsp3) is 0.632. The Morgan fingerprint density at radius 1 is 0.800 bits per heavy atom. The molecular weight excluding hydrogens is 322 g/mol. The molecule has 1 rings (SSSR count). The molecule has 6 heteroatoms. The first kappa shape index (κ1) is 21.6. The normalized spacial score (nSPS) is 10.8. The highest BCUT2D eigenvalue weighted by atomic mass is 16.6. The summed E-state index contributed by atoms with van der Waals surface area (Å²) in [5, 5.41) is 2.82. The van der Waals surface area contributed by atoms with Gasteiger partial charge in [-0.1, -0.05) is 24.6 Å². The molecule has 1 amide bonds. The summed E-state index contributed by atoms with van der Waals surface area (Å²) in [6.07, 6.45) is 1.03. The number of benzene rings is 1. The van der Waals surface area contributed by atoms with E-state index in [-0.39, 0.29) is 5.91 Å². The Morgan fingerprint density at radius 3 is 1.80 bits per heavy atom. The lowest BCUT2D eigenvalue weighted by Gasteiger charge is -2.08. The lowest BCUT2D eigenvalue weighted by molar-refractivity contribution is -0.00131. The molecule has 0 atom stereocenters. The van der Waals surface area contributed by atoms with E-state index in [1.54, 1.807) is 0 Å². The number of ether oxygens (including phenoxy) is 4. The van der Waals surface area contributed by atoms with E-state index in [1.807, 2.05) is 31.2 Å². The van der Waals surface area contributed by atoms with Gasteiger partial charge in [0, 0.05) is 18.7 Å². The van der Waals surface area contributed by atoms with Gasteiger partial charge in [0.15, 0.2) is 0 Å². The van der Waals surface area contributed by atoms with Crippen LogP contribution >= 0.6 is 0 Å². The number of carbonyl (C=O) groups excluding carboxylic acids is 1. The number of hydrogen-bond acceptors (Lipinski definition) is 5. The van der Waals surface area contributed by atoms with Crippen molar-refractivity contribution in [3.63, 3.8) is 0 Å². The lowest BCUT2D eigenvalue weighted by atomic mass is 10.1. The molecule has 0 aliphatic heterocycles. The number of nitrogens with one attached hydrogen (secondary N) is 1. The summed E-state index contributed by atoms with van der Waals surface area (Å²) in [5.74, 6) is -0.0834. The molecule has 0 aliphatic rings. The fourth-order valence-corrected chi connectivity index (χ4v) is 1.95. The third-order valence-electron chi connectivity index (χ3n) is 3.31. The second-order valence-electron chi connectivity index (χ2n) is 5.57. The molecule has 0 spiro atoms. The van der Waals surface area contributed by atoms with Crippen LogP contribution < -0.4 is 5.32 Å². The number of carbonyl (C=O) groups is 1. The molecular formula is C19H31NO5. The Labute approximate surface area is 150 Å². The van der Waals surface area contributed by atoms with E-state index < -0.39 is 0 Å². The zero-order chi connectivity index (χ0) is 18.2. The van der Waals surface area contributed by atoms with Crippen molar-refractivity contribution in [2.75, 3.05) is 59.4 Å². The van der Waals surface area contributed by atoms with Crippen molar-refractivity contribution in [1.29, 1.82) is 0 Å². The van der Waals surface area contributed by atoms with Crippen LogP contribution in [0.5, 0.6) is 0 Å². The molecule has 0 saturated carbocycles. The summed E-state index contributed by atoms with van der Waals surface area (Å²) in [6, 6.07) is 7.48. The summed E-state index contributed by atoms with van der Waals surface area (Å²) in [7, 11) is 0. The van der Waals surface area contributed by atoms with Crippen molar-refractivity contribution in [3.05, 3.63) is 35.4 Å². The quantitative estimate of drug-likeness (QED) is 0.490. The second kappa shape index (κ2) is 14.8. The van der Waals surface area contributed by atoms with Gasteiger partial charge in [-0.05, 0) is 25.5 Å². The van der Waals surface area contributed by atoms with Crippen LogP contribution in [0, 0.1) is 6.92 Å². The van der Waals surface area contributed by atoms with E-state index in [9.17, 15) is 4.79 Å². The molecule has 1 aromatic rings. The van der Waals surface area contributed by atoms with Crippen molar-refractivity contribution in [3.8, 4) is 0 Å². The van der Waals surface area contributed by atoms with E-state index >= 15 is 0 Å². The number of aryl methyl sites for hydroxylation is 1. The Balaban J connectivity index is 1.84. The minimum absolute atomic E-state index is 0.0834. The number of hydrogen-bond donors (Lipinski definition) is 1. The van der Waals surface area contributed by atoms with Gasteiger partial charge in [0.2, 0.25) is 0 Å². The topological polar surface area (TPSA) is 66.0 Å². The standard InChI is InChI=1S/C19H31NO5/c1-3-9-22-11-13-24-15-16-25-14-12-23-10-8-20-19(21)18-6-4-17(2)5-7-18/h4-7H,3,8-16H2,1-2H3,(H,20,21). The molecule has 0 fully saturated rings. The van der Waals surface area contributed by atoms with Crippen molar-refractivity contribution in [2.24, 2.45) is 0 Å². The van der Waals surface area contributed by atoms with Crippen molar-refractivity contribution < 1.29 is 23.7 Å². The van der Waals surface area contributed by atoms with Crippen LogP contribution in [-0.2, 0) is 18.9 Å².